The lowest BCUT2D eigenvalue weighted by molar-refractivity contribution is -0.128. The Balaban J connectivity index is 2.24. The Morgan fingerprint density at radius 1 is 1.11 bits per heavy atom. The molecule has 6 nitrogen and oxygen atoms in total. The predicted octanol–water partition coefficient (Wildman–Crippen LogP) is 3.66. The lowest BCUT2D eigenvalue weighted by Crippen LogP contribution is -2.59. The summed E-state index contributed by atoms with van der Waals surface area (Å²) in [6.07, 6.45) is 6.25. The van der Waals surface area contributed by atoms with E-state index in [1.807, 2.05) is 0 Å². The van der Waals surface area contributed by atoms with E-state index in [4.69, 9.17) is 9.47 Å². The van der Waals surface area contributed by atoms with Crippen LogP contribution in [0.3, 0.4) is 0 Å². The maximum absolute atomic E-state index is 13.0. The monoisotopic (exact) mass is 488 g/mol. The van der Waals surface area contributed by atoms with Gasteiger partial charge in [-0.25, -0.2) is 0 Å². The number of methoxy groups -OCH3 is 2. The molecule has 2 rings (SSSR count). The first kappa shape index (κ1) is 21.8. The van der Waals surface area contributed by atoms with E-state index in [2.05, 4.69) is 40.1 Å². The van der Waals surface area contributed by atoms with E-state index in [1.165, 1.54) is 7.11 Å². The fourth-order valence-corrected chi connectivity index (χ4v) is 4.11. The maximum atomic E-state index is 13.0. The van der Waals surface area contributed by atoms with Crippen molar-refractivity contribution >= 4 is 34.4 Å². The van der Waals surface area contributed by atoms with E-state index in [0.29, 0.717) is 36.4 Å². The first-order valence-electron chi connectivity index (χ1n) is 9.49. The molecule has 0 unspecified atom stereocenters. The molecule has 0 saturated heterocycles. The first-order valence-corrected chi connectivity index (χ1v) is 10.6. The van der Waals surface area contributed by atoms with Gasteiger partial charge in [-0.05, 0) is 54.0 Å². The van der Waals surface area contributed by atoms with Gasteiger partial charge in [-0.1, -0.05) is 32.6 Å². The van der Waals surface area contributed by atoms with Crippen LogP contribution < -0.4 is 20.1 Å². The molecule has 1 aliphatic carbocycles. The Kier molecular flexibility index (Phi) is 8.19. The average Bonchev–Trinajstić information content (AvgIpc) is 2.68. The molecular weight excluding hydrogens is 459 g/mol. The van der Waals surface area contributed by atoms with Crippen LogP contribution in [-0.2, 0) is 4.79 Å². The Labute approximate surface area is 174 Å². The molecule has 27 heavy (non-hydrogen) atoms. The molecule has 0 atom stereocenters. The summed E-state index contributed by atoms with van der Waals surface area (Å²) in [4.78, 5) is 25.9. The number of amides is 2. The van der Waals surface area contributed by atoms with Crippen LogP contribution >= 0.6 is 22.6 Å². The Morgan fingerprint density at radius 3 is 2.33 bits per heavy atom. The highest BCUT2D eigenvalue weighted by Crippen LogP contribution is 2.33. The summed E-state index contributed by atoms with van der Waals surface area (Å²) in [5.41, 5.74) is -0.348. The lowest BCUT2D eigenvalue weighted by Gasteiger charge is -2.36. The van der Waals surface area contributed by atoms with Crippen molar-refractivity contribution in [3.8, 4) is 11.5 Å². The highest BCUT2D eigenvalue weighted by Gasteiger charge is 2.41. The first-order chi connectivity index (χ1) is 13.0. The molecule has 1 saturated carbocycles. The van der Waals surface area contributed by atoms with E-state index < -0.39 is 5.54 Å². The van der Waals surface area contributed by atoms with Crippen LogP contribution in [-0.4, -0.2) is 38.1 Å². The zero-order chi connectivity index (χ0) is 19.9. The molecule has 1 aromatic carbocycles. The minimum atomic E-state index is -0.834. The predicted molar refractivity (Wildman–Crippen MR) is 113 cm³/mol. The molecule has 7 heteroatoms. The van der Waals surface area contributed by atoms with Gasteiger partial charge in [0.25, 0.3) is 5.91 Å². The number of hydrogen-bond donors (Lipinski definition) is 2. The normalized spacial score (nSPS) is 15.7. The number of halogens is 1. The van der Waals surface area contributed by atoms with Crippen molar-refractivity contribution in [1.82, 2.24) is 10.6 Å². The Bertz CT molecular complexity index is 672. The summed E-state index contributed by atoms with van der Waals surface area (Å²) in [6.45, 7) is 2.73. The largest absolute Gasteiger partial charge is 0.493 e. The average molecular weight is 488 g/mol. The second kappa shape index (κ2) is 10.1. The van der Waals surface area contributed by atoms with Crippen molar-refractivity contribution in [2.45, 2.75) is 57.4 Å². The number of unbranched alkanes of at least 4 members (excludes halogenated alkanes) is 1. The fourth-order valence-electron chi connectivity index (χ4n) is 3.42. The van der Waals surface area contributed by atoms with Gasteiger partial charge in [0.05, 0.1) is 19.8 Å². The number of ether oxygens (including phenoxy) is 2. The summed E-state index contributed by atoms with van der Waals surface area (Å²) in [6, 6.07) is 3.44. The van der Waals surface area contributed by atoms with E-state index in [0.717, 1.165) is 35.7 Å². The van der Waals surface area contributed by atoms with Crippen molar-refractivity contribution < 1.29 is 19.1 Å². The SMILES string of the molecule is CCCCNC(=O)C1(NC(=O)c2cc(OC)c(OC)cc2I)CCCCC1. The van der Waals surface area contributed by atoms with Gasteiger partial charge in [0.15, 0.2) is 11.5 Å². The minimum Gasteiger partial charge on any atom is -0.493 e. The molecule has 0 heterocycles. The van der Waals surface area contributed by atoms with Crippen LogP contribution in [0, 0.1) is 3.57 Å². The van der Waals surface area contributed by atoms with Gasteiger partial charge in [0.2, 0.25) is 5.91 Å². The van der Waals surface area contributed by atoms with Crippen LogP contribution in [0.15, 0.2) is 12.1 Å². The van der Waals surface area contributed by atoms with Crippen molar-refractivity contribution in [3.05, 3.63) is 21.3 Å². The summed E-state index contributed by atoms with van der Waals surface area (Å²) in [5, 5.41) is 6.06. The molecule has 2 N–H and O–H groups in total. The summed E-state index contributed by atoms with van der Waals surface area (Å²) in [7, 11) is 3.10. The molecule has 0 aromatic heterocycles. The van der Waals surface area contributed by atoms with Gasteiger partial charge in [-0.3, -0.25) is 9.59 Å². The number of rotatable bonds is 8. The Morgan fingerprint density at radius 2 is 1.74 bits per heavy atom. The van der Waals surface area contributed by atoms with Gasteiger partial charge in [0.1, 0.15) is 5.54 Å². The van der Waals surface area contributed by atoms with Crippen LogP contribution in [0.4, 0.5) is 0 Å². The van der Waals surface area contributed by atoms with Crippen LogP contribution in [0.25, 0.3) is 0 Å². The van der Waals surface area contributed by atoms with E-state index in [1.54, 1.807) is 19.2 Å². The molecule has 2 amide bonds. The van der Waals surface area contributed by atoms with E-state index in [9.17, 15) is 9.59 Å². The van der Waals surface area contributed by atoms with Gasteiger partial charge >= 0.3 is 0 Å². The molecule has 0 aliphatic heterocycles. The van der Waals surface area contributed by atoms with Gasteiger partial charge in [-0.2, -0.15) is 0 Å². The number of carbonyl (C=O) groups is 2. The molecule has 1 aliphatic rings. The Hall–Kier alpha value is -1.51. The van der Waals surface area contributed by atoms with Crippen molar-refractivity contribution in [2.75, 3.05) is 20.8 Å². The van der Waals surface area contributed by atoms with Gasteiger partial charge < -0.3 is 20.1 Å². The summed E-state index contributed by atoms with van der Waals surface area (Å²) < 4.78 is 11.4. The third-order valence-electron chi connectivity index (χ3n) is 5.03. The molecule has 1 aromatic rings. The van der Waals surface area contributed by atoms with Crippen molar-refractivity contribution in [3.63, 3.8) is 0 Å². The van der Waals surface area contributed by atoms with Gasteiger partial charge in [0, 0.05) is 10.1 Å². The minimum absolute atomic E-state index is 0.0699. The number of nitrogens with one attached hydrogen (secondary N) is 2. The van der Waals surface area contributed by atoms with Crippen LogP contribution in [0.5, 0.6) is 11.5 Å². The van der Waals surface area contributed by atoms with Gasteiger partial charge in [-0.15, -0.1) is 0 Å². The molecular formula is C20H29IN2O4. The fraction of sp³-hybridized carbons (Fsp3) is 0.600. The molecule has 0 bridgehead atoms. The topological polar surface area (TPSA) is 76.7 Å². The highest BCUT2D eigenvalue weighted by atomic mass is 127. The third-order valence-corrected chi connectivity index (χ3v) is 5.92. The molecule has 0 spiro atoms. The second-order valence-corrected chi connectivity index (χ2v) is 8.06. The number of carbonyl (C=O) groups excluding carboxylic acids is 2. The van der Waals surface area contributed by atoms with Crippen LogP contribution in [0.2, 0.25) is 0 Å². The maximum Gasteiger partial charge on any atom is 0.253 e. The lowest BCUT2D eigenvalue weighted by atomic mass is 9.80. The number of benzene rings is 1. The quantitative estimate of drug-likeness (QED) is 0.433. The van der Waals surface area contributed by atoms with Crippen molar-refractivity contribution in [1.29, 1.82) is 0 Å². The third kappa shape index (κ3) is 5.27. The zero-order valence-electron chi connectivity index (χ0n) is 16.3. The standard InChI is InChI=1S/C20H29IN2O4/c1-4-5-11-22-19(25)20(9-7-6-8-10-20)23-18(24)14-12-16(26-2)17(27-3)13-15(14)21/h12-13H,4-11H2,1-3H3,(H,22,25)(H,23,24). The molecule has 1 fully saturated rings. The molecule has 150 valence electrons. The summed E-state index contributed by atoms with van der Waals surface area (Å²) >= 11 is 2.10. The van der Waals surface area contributed by atoms with E-state index in [-0.39, 0.29) is 11.8 Å². The second-order valence-electron chi connectivity index (χ2n) is 6.89. The summed E-state index contributed by atoms with van der Waals surface area (Å²) in [5.74, 6) is 0.740. The van der Waals surface area contributed by atoms with Crippen LogP contribution in [0.1, 0.15) is 62.2 Å². The zero-order valence-corrected chi connectivity index (χ0v) is 18.5. The smallest absolute Gasteiger partial charge is 0.253 e. The van der Waals surface area contributed by atoms with Crippen molar-refractivity contribution in [2.24, 2.45) is 0 Å². The highest BCUT2D eigenvalue weighted by molar-refractivity contribution is 14.1. The molecule has 0 radical (unpaired) electrons. The number of hydrogen-bond acceptors (Lipinski definition) is 4. The van der Waals surface area contributed by atoms with E-state index >= 15 is 0 Å².